The fraction of sp³-hybridized carbons (Fsp3) is 0.429. The minimum absolute atomic E-state index is 0.0373. The molecule has 22 nitrogen and oxygen atoms in total. The minimum atomic E-state index is -4.02. The van der Waals surface area contributed by atoms with E-state index < -0.39 is 100 Å². The van der Waals surface area contributed by atoms with Crippen LogP contribution in [0, 0.1) is 23.1 Å². The van der Waals surface area contributed by atoms with E-state index in [9.17, 15) is 34.2 Å². The van der Waals surface area contributed by atoms with Crippen molar-refractivity contribution in [1.82, 2.24) is 34.1 Å². The average molecular weight is 923 g/mol. The van der Waals surface area contributed by atoms with E-state index in [1.807, 2.05) is 6.07 Å². The van der Waals surface area contributed by atoms with Crippen molar-refractivity contribution in [1.29, 1.82) is 5.26 Å². The lowest BCUT2D eigenvalue weighted by atomic mass is 10.1. The Balaban J connectivity index is 1.10. The number of rotatable bonds is 17. The molecule has 0 spiro atoms. The molecular formula is C35H38F2N10O12P2S. The van der Waals surface area contributed by atoms with Crippen LogP contribution in [0.4, 0.5) is 20.5 Å². The first-order valence-electron chi connectivity index (χ1n) is 18.7. The molecule has 4 aromatic heterocycles. The Morgan fingerprint density at radius 3 is 2.63 bits per heavy atom. The lowest BCUT2D eigenvalue weighted by Crippen LogP contribution is -2.32. The average Bonchev–Trinajstić information content (AvgIpc) is 4.01. The third kappa shape index (κ3) is 9.65. The van der Waals surface area contributed by atoms with E-state index in [0.29, 0.717) is 5.56 Å². The van der Waals surface area contributed by atoms with E-state index in [4.69, 9.17) is 39.4 Å². The van der Waals surface area contributed by atoms with Gasteiger partial charge in [0.05, 0.1) is 50.1 Å². The molecule has 0 saturated carbocycles. The zero-order valence-corrected chi connectivity index (χ0v) is 35.2. The van der Waals surface area contributed by atoms with E-state index >= 15 is 8.78 Å². The lowest BCUT2D eigenvalue weighted by molar-refractivity contribution is -0.118. The van der Waals surface area contributed by atoms with Gasteiger partial charge in [-0.3, -0.25) is 38.3 Å². The summed E-state index contributed by atoms with van der Waals surface area (Å²) in [6, 6.07) is 10.1. The van der Waals surface area contributed by atoms with Gasteiger partial charge in [-0.1, -0.05) is 32.0 Å². The summed E-state index contributed by atoms with van der Waals surface area (Å²) in [5, 5.41) is 24.5. The Morgan fingerprint density at radius 2 is 1.92 bits per heavy atom. The molecule has 5 aromatic rings. The molecule has 0 bridgehead atoms. The standard InChI is InChI=1S/C35H38F2N10O12P2S/c1-17(2)31(49)44-35-43-30-26(33(51)45-35)41-16-47(30)34-27(58-60(52)53)25(37)22(57-34)14-55-61(62,54-10-6-9-38)59-20-11-23(56-21(20)13-48)46-12-19(36)24-28(39-15-40-29(24)46)42-32(50)18-7-4-3-5-8-18/h3-5,7-8,12,15-17,20-23,25,27,34,48,60H,6,10-11,13-14H2,1-2H3,(H,52,53)(H,39,40,42,50)(H2,43,44,45,49,51)/t20-,21+,22+,23+,25+,27+,34+,61?/m0/s1. The number of aliphatic hydroxyl groups excluding tert-OH is 1. The molecular weight excluding hydrogens is 884 g/mol. The number of aliphatic hydroxyl groups is 1. The van der Waals surface area contributed by atoms with Crippen molar-refractivity contribution in [3.05, 3.63) is 70.9 Å². The predicted molar refractivity (Wildman–Crippen MR) is 215 cm³/mol. The number of ether oxygens (including phenoxy) is 2. The van der Waals surface area contributed by atoms with Gasteiger partial charge in [0.15, 0.2) is 35.0 Å². The van der Waals surface area contributed by atoms with Crippen LogP contribution >= 0.6 is 15.0 Å². The number of H-pyrrole nitrogens is 1. The molecule has 2 aliphatic rings. The first-order valence-corrected chi connectivity index (χ1v) is 22.6. The van der Waals surface area contributed by atoms with E-state index in [0.717, 1.165) is 23.4 Å². The normalized spacial score (nSPS) is 24.0. The van der Waals surface area contributed by atoms with E-state index in [1.54, 1.807) is 44.2 Å². The first-order chi connectivity index (χ1) is 29.7. The number of hydrogen-bond acceptors (Lipinski definition) is 17. The summed E-state index contributed by atoms with van der Waals surface area (Å²) in [6.07, 6.45) is -7.35. The summed E-state index contributed by atoms with van der Waals surface area (Å²) >= 11 is 5.69. The summed E-state index contributed by atoms with van der Waals surface area (Å²) in [4.78, 5) is 66.7. The van der Waals surface area contributed by atoms with E-state index in [2.05, 4.69) is 35.6 Å². The SMILES string of the molecule is CC(C)C(=O)Nc1nc2c(ncn2[C@@H]2O[C@H](COP(=S)(OCCC#N)O[C@H]3C[C@H](n4cc(F)c5c(NC(=O)c6ccccc6)ncnc54)O[C@@H]3CO)[C@@H](F)[C@H]2O[PH](=O)O)c(=O)[nH]1. The zero-order valence-electron chi connectivity index (χ0n) is 32.5. The number of amides is 2. The van der Waals surface area contributed by atoms with Crippen LogP contribution in [0.15, 0.2) is 54.0 Å². The molecule has 1 aromatic carbocycles. The summed E-state index contributed by atoms with van der Waals surface area (Å²) in [7, 11) is -3.80. The maximum atomic E-state index is 16.2. The monoisotopic (exact) mass is 922 g/mol. The number of benzene rings is 1. The van der Waals surface area contributed by atoms with Crippen LogP contribution in [0.2, 0.25) is 0 Å². The minimum Gasteiger partial charge on any atom is -0.394 e. The van der Waals surface area contributed by atoms with Crippen LogP contribution in [0.1, 0.15) is 49.5 Å². The van der Waals surface area contributed by atoms with Crippen LogP contribution in [0.3, 0.4) is 0 Å². The number of fused-ring (bicyclic) bond motifs is 2. The number of carbonyl (C=O) groups is 2. The van der Waals surface area contributed by atoms with E-state index in [1.165, 1.54) is 4.57 Å². The van der Waals surface area contributed by atoms with Crippen LogP contribution in [0.5, 0.6) is 0 Å². The van der Waals surface area contributed by atoms with Gasteiger partial charge < -0.3 is 42.9 Å². The van der Waals surface area contributed by atoms with Crippen molar-refractivity contribution in [2.24, 2.45) is 5.92 Å². The molecule has 2 saturated heterocycles. The van der Waals surface area contributed by atoms with Gasteiger partial charge in [0.2, 0.25) is 11.9 Å². The number of alkyl halides is 1. The summed E-state index contributed by atoms with van der Waals surface area (Å²) in [6.45, 7) is -2.42. The Labute approximate surface area is 354 Å². The molecule has 9 atom stereocenters. The molecule has 2 fully saturated rings. The Bertz CT molecular complexity index is 2630. The number of aromatic amines is 1. The fourth-order valence-electron chi connectivity index (χ4n) is 6.63. The number of nitriles is 1. The molecule has 7 rings (SSSR count). The van der Waals surface area contributed by atoms with Crippen LogP contribution < -0.4 is 16.2 Å². The number of imidazole rings is 1. The van der Waals surface area contributed by atoms with Crippen molar-refractivity contribution in [3.8, 4) is 6.07 Å². The number of nitrogens with zero attached hydrogens (tertiary/aromatic N) is 7. The second-order valence-corrected chi connectivity index (χ2v) is 17.8. The number of nitrogens with one attached hydrogen (secondary N) is 3. The van der Waals surface area contributed by atoms with Crippen LogP contribution in [-0.4, -0.2) is 106 Å². The zero-order chi connectivity index (χ0) is 44.3. The highest BCUT2D eigenvalue weighted by atomic mass is 32.5. The van der Waals surface area contributed by atoms with Crippen LogP contribution in [-0.2, 0) is 48.7 Å². The second-order valence-electron chi connectivity index (χ2n) is 14.0. The fourth-order valence-corrected chi connectivity index (χ4v) is 9.24. The number of carbonyl (C=O) groups excluding carboxylic acids is 2. The quantitative estimate of drug-likeness (QED) is 0.0660. The molecule has 62 heavy (non-hydrogen) atoms. The Hall–Kier alpha value is -4.96. The molecule has 330 valence electrons. The van der Waals surface area contributed by atoms with Gasteiger partial charge in [0.25, 0.3) is 11.5 Å². The van der Waals surface area contributed by atoms with Gasteiger partial charge in [-0.05, 0) is 23.9 Å². The van der Waals surface area contributed by atoms with E-state index in [-0.39, 0.29) is 53.4 Å². The topological polar surface area (TPSA) is 289 Å². The molecule has 2 unspecified atom stereocenters. The van der Waals surface area contributed by atoms with Gasteiger partial charge in [0, 0.05) is 24.1 Å². The second kappa shape index (κ2) is 19.2. The molecule has 6 heterocycles. The van der Waals surface area contributed by atoms with Crippen molar-refractivity contribution in [2.75, 3.05) is 30.5 Å². The first kappa shape index (κ1) is 45.1. The highest BCUT2D eigenvalue weighted by molar-refractivity contribution is 8.07. The highest BCUT2D eigenvalue weighted by Gasteiger charge is 2.50. The van der Waals surface area contributed by atoms with Crippen molar-refractivity contribution in [3.63, 3.8) is 0 Å². The summed E-state index contributed by atoms with van der Waals surface area (Å²) in [5.41, 5.74) is -0.836. The molecule has 0 radical (unpaired) electrons. The van der Waals surface area contributed by atoms with Crippen molar-refractivity contribution < 1.29 is 60.5 Å². The van der Waals surface area contributed by atoms with Gasteiger partial charge in [-0.25, -0.2) is 23.7 Å². The molecule has 2 amide bonds. The summed E-state index contributed by atoms with van der Waals surface area (Å²) < 4.78 is 81.0. The molecule has 2 aliphatic heterocycles. The largest absolute Gasteiger partial charge is 0.394 e. The molecule has 27 heteroatoms. The maximum absolute atomic E-state index is 16.2. The maximum Gasteiger partial charge on any atom is 0.327 e. The van der Waals surface area contributed by atoms with Crippen LogP contribution in [0.25, 0.3) is 22.2 Å². The number of halogens is 2. The third-order valence-electron chi connectivity index (χ3n) is 9.60. The smallest absolute Gasteiger partial charge is 0.327 e. The summed E-state index contributed by atoms with van der Waals surface area (Å²) in [5.74, 6) is -2.64. The van der Waals surface area contributed by atoms with Gasteiger partial charge >= 0.3 is 15.0 Å². The number of hydrogen-bond donors (Lipinski definition) is 5. The van der Waals surface area contributed by atoms with Crippen molar-refractivity contribution >= 4 is 72.6 Å². The van der Waals surface area contributed by atoms with Gasteiger partial charge in [-0.2, -0.15) is 10.2 Å². The molecule has 5 N–H and O–H groups in total. The van der Waals surface area contributed by atoms with Gasteiger partial charge in [0.1, 0.15) is 36.7 Å². The number of anilines is 2. The lowest BCUT2D eigenvalue weighted by Gasteiger charge is -2.27. The highest BCUT2D eigenvalue weighted by Crippen LogP contribution is 2.54. The molecule has 0 aliphatic carbocycles. The Kier molecular flexibility index (Phi) is 14.0. The number of aromatic nitrogens is 7. The third-order valence-corrected chi connectivity index (χ3v) is 12.5. The van der Waals surface area contributed by atoms with Gasteiger partial charge in [-0.15, -0.1) is 0 Å². The predicted octanol–water partition coefficient (Wildman–Crippen LogP) is 3.39. The Morgan fingerprint density at radius 1 is 1.15 bits per heavy atom. The van der Waals surface area contributed by atoms with Crippen molar-refractivity contribution in [2.45, 2.75) is 69.7 Å².